The van der Waals surface area contributed by atoms with E-state index in [2.05, 4.69) is 15.3 Å². The Morgan fingerprint density at radius 2 is 1.94 bits per heavy atom. The maximum absolute atomic E-state index is 13.2. The molecule has 18 heavy (non-hydrogen) atoms. The van der Waals surface area contributed by atoms with Crippen molar-refractivity contribution in [3.63, 3.8) is 0 Å². The summed E-state index contributed by atoms with van der Waals surface area (Å²) in [7, 11) is 0. The first-order chi connectivity index (χ1) is 8.74. The van der Waals surface area contributed by atoms with Gasteiger partial charge >= 0.3 is 0 Å². The van der Waals surface area contributed by atoms with E-state index in [1.165, 1.54) is 6.07 Å². The van der Waals surface area contributed by atoms with Crippen LogP contribution in [-0.4, -0.2) is 23.1 Å². The molecular weight excluding hydrogens is 236 g/mol. The maximum atomic E-state index is 13.2. The predicted octanol–water partition coefficient (Wildman–Crippen LogP) is 2.11. The average molecular weight is 247 g/mol. The van der Waals surface area contributed by atoms with Gasteiger partial charge in [0.2, 0.25) is 0 Å². The van der Waals surface area contributed by atoms with Crippen molar-refractivity contribution in [3.8, 4) is 11.3 Å². The number of nitrogens with zero attached hydrogens (tertiary/aromatic N) is 2. The topological polar surface area (TPSA) is 37.8 Å². The van der Waals surface area contributed by atoms with Crippen LogP contribution >= 0.6 is 0 Å². The Balaban J connectivity index is 1.97. The Morgan fingerprint density at radius 1 is 1.11 bits per heavy atom. The van der Waals surface area contributed by atoms with Crippen LogP contribution in [0.3, 0.4) is 0 Å². The number of aromatic nitrogens is 2. The molecule has 0 amide bonds. The van der Waals surface area contributed by atoms with Crippen LogP contribution < -0.4 is 5.32 Å². The van der Waals surface area contributed by atoms with Crippen LogP contribution in [0.4, 0.5) is 8.78 Å². The molecule has 0 spiro atoms. The standard InChI is InChI=1S/C13H11F2N3/c14-10-2-1-8(5-11(10)15)12-3-4-17-13(18-12)9-6-16-7-9/h1-5,9,16H,6-7H2. The summed E-state index contributed by atoms with van der Waals surface area (Å²) in [6.45, 7) is 1.72. The molecule has 3 rings (SSSR count). The second-order valence-electron chi connectivity index (χ2n) is 4.28. The van der Waals surface area contributed by atoms with Crippen molar-refractivity contribution >= 4 is 0 Å². The van der Waals surface area contributed by atoms with Gasteiger partial charge in [-0.25, -0.2) is 18.7 Å². The van der Waals surface area contributed by atoms with E-state index in [1.54, 1.807) is 12.3 Å². The highest BCUT2D eigenvalue weighted by atomic mass is 19.2. The number of hydrogen-bond acceptors (Lipinski definition) is 3. The molecule has 2 aromatic rings. The van der Waals surface area contributed by atoms with Crippen molar-refractivity contribution in [2.24, 2.45) is 0 Å². The fourth-order valence-corrected chi connectivity index (χ4v) is 1.86. The molecule has 0 atom stereocenters. The third-order valence-electron chi connectivity index (χ3n) is 3.04. The molecule has 0 unspecified atom stereocenters. The number of nitrogens with one attached hydrogen (secondary N) is 1. The van der Waals surface area contributed by atoms with Crippen molar-refractivity contribution < 1.29 is 8.78 Å². The van der Waals surface area contributed by atoms with Gasteiger partial charge in [-0.2, -0.15) is 0 Å². The molecule has 1 saturated heterocycles. The molecule has 1 aliphatic rings. The Bertz CT molecular complexity index is 582. The smallest absolute Gasteiger partial charge is 0.159 e. The molecule has 0 radical (unpaired) electrons. The molecule has 0 saturated carbocycles. The molecule has 5 heteroatoms. The van der Waals surface area contributed by atoms with Gasteiger partial charge in [0, 0.05) is 30.8 Å². The van der Waals surface area contributed by atoms with Gasteiger partial charge in [0.15, 0.2) is 11.6 Å². The van der Waals surface area contributed by atoms with E-state index < -0.39 is 11.6 Å². The monoisotopic (exact) mass is 247 g/mol. The van der Waals surface area contributed by atoms with Crippen molar-refractivity contribution in [2.75, 3.05) is 13.1 Å². The van der Waals surface area contributed by atoms with Gasteiger partial charge in [-0.05, 0) is 24.3 Å². The summed E-state index contributed by atoms with van der Waals surface area (Å²) in [4.78, 5) is 8.60. The van der Waals surface area contributed by atoms with Crippen molar-refractivity contribution in [1.29, 1.82) is 0 Å². The summed E-state index contributed by atoms with van der Waals surface area (Å²) in [5.41, 5.74) is 1.18. The lowest BCUT2D eigenvalue weighted by Crippen LogP contribution is -2.40. The van der Waals surface area contributed by atoms with E-state index in [1.807, 2.05) is 0 Å². The SMILES string of the molecule is Fc1ccc(-c2ccnc(C3CNC3)n2)cc1F. The summed E-state index contributed by atoms with van der Waals surface area (Å²) < 4.78 is 26.0. The summed E-state index contributed by atoms with van der Waals surface area (Å²) in [6, 6.07) is 5.48. The lowest BCUT2D eigenvalue weighted by Gasteiger charge is -2.25. The Kier molecular flexibility index (Phi) is 2.76. The van der Waals surface area contributed by atoms with Gasteiger partial charge in [0.25, 0.3) is 0 Å². The molecule has 1 aromatic carbocycles. The van der Waals surface area contributed by atoms with E-state index in [0.717, 1.165) is 31.0 Å². The van der Waals surface area contributed by atoms with E-state index >= 15 is 0 Å². The number of hydrogen-bond donors (Lipinski definition) is 1. The molecule has 92 valence electrons. The van der Waals surface area contributed by atoms with Gasteiger partial charge in [-0.3, -0.25) is 0 Å². The van der Waals surface area contributed by atoms with Crippen molar-refractivity contribution in [1.82, 2.24) is 15.3 Å². The number of rotatable bonds is 2. The summed E-state index contributed by atoms with van der Waals surface area (Å²) >= 11 is 0. The van der Waals surface area contributed by atoms with E-state index in [0.29, 0.717) is 17.2 Å². The Morgan fingerprint density at radius 3 is 2.61 bits per heavy atom. The Hall–Kier alpha value is -1.88. The van der Waals surface area contributed by atoms with Crippen LogP contribution in [-0.2, 0) is 0 Å². The van der Waals surface area contributed by atoms with Crippen LogP contribution in [0.2, 0.25) is 0 Å². The molecule has 0 aliphatic carbocycles. The molecule has 1 aromatic heterocycles. The highest BCUT2D eigenvalue weighted by molar-refractivity contribution is 5.58. The zero-order chi connectivity index (χ0) is 12.5. The average Bonchev–Trinajstić information content (AvgIpc) is 2.31. The number of benzene rings is 1. The second-order valence-corrected chi connectivity index (χ2v) is 4.28. The predicted molar refractivity (Wildman–Crippen MR) is 63.0 cm³/mol. The third-order valence-corrected chi connectivity index (χ3v) is 3.04. The summed E-state index contributed by atoms with van der Waals surface area (Å²) in [5.74, 6) is -0.652. The zero-order valence-corrected chi connectivity index (χ0v) is 9.53. The molecule has 2 heterocycles. The summed E-state index contributed by atoms with van der Waals surface area (Å²) in [5, 5.41) is 3.15. The summed E-state index contributed by atoms with van der Waals surface area (Å²) in [6.07, 6.45) is 1.65. The highest BCUT2D eigenvalue weighted by Gasteiger charge is 2.21. The minimum atomic E-state index is -0.863. The largest absolute Gasteiger partial charge is 0.315 e. The fourth-order valence-electron chi connectivity index (χ4n) is 1.86. The molecular formula is C13H11F2N3. The fraction of sp³-hybridized carbons (Fsp3) is 0.231. The lowest BCUT2D eigenvalue weighted by atomic mass is 10.0. The first-order valence-corrected chi connectivity index (χ1v) is 5.73. The molecule has 1 aliphatic heterocycles. The van der Waals surface area contributed by atoms with E-state index in [4.69, 9.17) is 0 Å². The van der Waals surface area contributed by atoms with Crippen LogP contribution in [0.15, 0.2) is 30.5 Å². The molecule has 0 bridgehead atoms. The minimum Gasteiger partial charge on any atom is -0.315 e. The first kappa shape index (κ1) is 11.2. The van der Waals surface area contributed by atoms with Gasteiger partial charge in [-0.1, -0.05) is 0 Å². The van der Waals surface area contributed by atoms with Gasteiger partial charge in [-0.15, -0.1) is 0 Å². The van der Waals surface area contributed by atoms with Crippen LogP contribution in [0.25, 0.3) is 11.3 Å². The van der Waals surface area contributed by atoms with Gasteiger partial charge in [0.05, 0.1) is 5.69 Å². The molecule has 1 N–H and O–H groups in total. The van der Waals surface area contributed by atoms with Gasteiger partial charge < -0.3 is 5.32 Å². The normalized spacial score (nSPS) is 15.4. The van der Waals surface area contributed by atoms with E-state index in [-0.39, 0.29) is 0 Å². The van der Waals surface area contributed by atoms with Crippen LogP contribution in [0.1, 0.15) is 11.7 Å². The Labute approximate surface area is 103 Å². The molecule has 1 fully saturated rings. The molecule has 3 nitrogen and oxygen atoms in total. The van der Waals surface area contributed by atoms with Crippen molar-refractivity contribution in [3.05, 3.63) is 47.9 Å². The highest BCUT2D eigenvalue weighted by Crippen LogP contribution is 2.22. The first-order valence-electron chi connectivity index (χ1n) is 5.73. The minimum absolute atomic E-state index is 0.315. The maximum Gasteiger partial charge on any atom is 0.159 e. The quantitative estimate of drug-likeness (QED) is 0.883. The lowest BCUT2D eigenvalue weighted by molar-refractivity contribution is 0.430. The third kappa shape index (κ3) is 1.97. The number of halogens is 2. The van der Waals surface area contributed by atoms with Gasteiger partial charge in [0.1, 0.15) is 5.82 Å². The zero-order valence-electron chi connectivity index (χ0n) is 9.53. The van der Waals surface area contributed by atoms with Crippen LogP contribution in [0, 0.1) is 11.6 Å². The van der Waals surface area contributed by atoms with E-state index in [9.17, 15) is 8.78 Å². The van der Waals surface area contributed by atoms with Crippen LogP contribution in [0.5, 0.6) is 0 Å². The van der Waals surface area contributed by atoms with Crippen molar-refractivity contribution in [2.45, 2.75) is 5.92 Å². The second kappa shape index (κ2) is 4.42.